The van der Waals surface area contributed by atoms with Crippen molar-refractivity contribution in [3.05, 3.63) is 84.1 Å². The van der Waals surface area contributed by atoms with Gasteiger partial charge in [-0.3, -0.25) is 14.6 Å². The molecule has 0 unspecified atom stereocenters. The van der Waals surface area contributed by atoms with Crippen molar-refractivity contribution in [2.24, 2.45) is 0 Å². The number of aromatic nitrogens is 1. The van der Waals surface area contributed by atoms with Gasteiger partial charge in [0.25, 0.3) is 0 Å². The summed E-state index contributed by atoms with van der Waals surface area (Å²) in [6.07, 6.45) is 1.46. The van der Waals surface area contributed by atoms with Crippen LogP contribution in [0.2, 0.25) is 0 Å². The highest BCUT2D eigenvalue weighted by atomic mass is 31.2. The van der Waals surface area contributed by atoms with Crippen molar-refractivity contribution in [2.75, 3.05) is 14.2 Å². The van der Waals surface area contributed by atoms with Gasteiger partial charge in [0, 0.05) is 17.0 Å². The van der Waals surface area contributed by atoms with Crippen molar-refractivity contribution in [2.45, 2.75) is 0 Å². The van der Waals surface area contributed by atoms with E-state index >= 15 is 0 Å². The van der Waals surface area contributed by atoms with E-state index in [9.17, 15) is 19.1 Å². The average molecular weight is 453 g/mol. The zero-order valence-electron chi connectivity index (χ0n) is 17.3. The summed E-state index contributed by atoms with van der Waals surface area (Å²) in [5, 5.41) is 0.500. The molecule has 0 bridgehead atoms. The van der Waals surface area contributed by atoms with Crippen LogP contribution < -0.4 is 14.0 Å². The van der Waals surface area contributed by atoms with Crippen LogP contribution in [0.5, 0.6) is 17.2 Å². The lowest BCUT2D eigenvalue weighted by Gasteiger charge is -2.14. The summed E-state index contributed by atoms with van der Waals surface area (Å²) >= 11 is 0. The Morgan fingerprint density at radius 3 is 2.31 bits per heavy atom. The number of hydrogen-bond donors (Lipinski definition) is 2. The Morgan fingerprint density at radius 2 is 1.59 bits per heavy atom. The monoisotopic (exact) mass is 453 g/mol. The second kappa shape index (κ2) is 8.51. The first kappa shape index (κ1) is 21.6. The fourth-order valence-corrected chi connectivity index (χ4v) is 3.96. The Kier molecular flexibility index (Phi) is 5.76. The molecular formula is C23H20NO7P. The predicted octanol–water partition coefficient (Wildman–Crippen LogP) is 4.35. The molecule has 9 heteroatoms. The van der Waals surface area contributed by atoms with Gasteiger partial charge in [0.05, 0.1) is 37.2 Å². The number of ether oxygens (including phenoxy) is 2. The average Bonchev–Trinajstić information content (AvgIpc) is 3.15. The largest absolute Gasteiger partial charge is 0.524 e. The van der Waals surface area contributed by atoms with Gasteiger partial charge in [-0.2, -0.15) is 0 Å². The molecule has 0 radical (unpaired) electrons. The normalized spacial score (nSPS) is 11.4. The molecule has 1 heterocycles. The van der Waals surface area contributed by atoms with Crippen molar-refractivity contribution in [1.82, 2.24) is 4.57 Å². The van der Waals surface area contributed by atoms with E-state index in [2.05, 4.69) is 0 Å². The third-order valence-electron chi connectivity index (χ3n) is 4.95. The smallest absolute Gasteiger partial charge is 0.497 e. The van der Waals surface area contributed by atoms with Crippen molar-refractivity contribution < 1.29 is 33.1 Å². The van der Waals surface area contributed by atoms with Gasteiger partial charge in [-0.05, 0) is 36.4 Å². The fraction of sp³-hybridized carbons (Fsp3) is 0.0870. The number of methoxy groups -OCH3 is 2. The molecule has 0 atom stereocenters. The number of phosphoric ester groups is 1. The van der Waals surface area contributed by atoms with Gasteiger partial charge >= 0.3 is 7.82 Å². The van der Waals surface area contributed by atoms with Gasteiger partial charge in [0.2, 0.25) is 0 Å². The number of nitrogens with zero attached hydrogens (tertiary/aromatic N) is 1. The number of benzene rings is 3. The van der Waals surface area contributed by atoms with Crippen LogP contribution >= 0.6 is 7.82 Å². The Morgan fingerprint density at radius 1 is 0.875 bits per heavy atom. The molecule has 0 aliphatic rings. The maximum Gasteiger partial charge on any atom is 0.524 e. The Bertz CT molecular complexity index is 1360. The van der Waals surface area contributed by atoms with E-state index < -0.39 is 7.82 Å². The van der Waals surface area contributed by atoms with Crippen molar-refractivity contribution in [3.63, 3.8) is 0 Å². The van der Waals surface area contributed by atoms with Crippen LogP contribution in [0.25, 0.3) is 16.6 Å². The van der Waals surface area contributed by atoms with Crippen LogP contribution in [-0.4, -0.2) is 34.4 Å². The molecule has 0 aliphatic heterocycles. The number of rotatable bonds is 7. The first-order chi connectivity index (χ1) is 15.3. The third kappa shape index (κ3) is 4.11. The molecule has 32 heavy (non-hydrogen) atoms. The number of carbonyl (C=O) groups excluding carboxylic acids is 1. The molecule has 4 aromatic rings. The van der Waals surface area contributed by atoms with Crippen LogP contribution in [0.4, 0.5) is 0 Å². The number of fused-ring (bicyclic) bond motifs is 1. The number of para-hydroxylation sites is 2. The van der Waals surface area contributed by atoms with E-state index in [4.69, 9.17) is 14.0 Å². The zero-order chi connectivity index (χ0) is 22.9. The zero-order valence-corrected chi connectivity index (χ0v) is 18.2. The summed E-state index contributed by atoms with van der Waals surface area (Å²) in [6, 6.07) is 18.9. The number of hydrogen-bond acceptors (Lipinski definition) is 5. The first-order valence-electron chi connectivity index (χ1n) is 9.53. The van der Waals surface area contributed by atoms with Gasteiger partial charge in [-0.25, -0.2) is 4.57 Å². The summed E-state index contributed by atoms with van der Waals surface area (Å²) in [6.45, 7) is 0. The number of phosphoric acid groups is 1. The summed E-state index contributed by atoms with van der Waals surface area (Å²) in [7, 11) is -1.77. The molecule has 8 nitrogen and oxygen atoms in total. The van der Waals surface area contributed by atoms with E-state index in [0.29, 0.717) is 39.2 Å². The highest BCUT2D eigenvalue weighted by Gasteiger charge is 2.23. The minimum Gasteiger partial charge on any atom is -0.497 e. The molecule has 0 spiro atoms. The number of ketones is 1. The van der Waals surface area contributed by atoms with Crippen LogP contribution in [0, 0.1) is 0 Å². The van der Waals surface area contributed by atoms with E-state index in [1.165, 1.54) is 20.4 Å². The van der Waals surface area contributed by atoms with Gasteiger partial charge < -0.3 is 18.6 Å². The molecule has 2 N–H and O–H groups in total. The lowest BCUT2D eigenvalue weighted by molar-refractivity contribution is 0.103. The fourth-order valence-electron chi connectivity index (χ4n) is 3.56. The molecule has 0 fully saturated rings. The van der Waals surface area contributed by atoms with Crippen molar-refractivity contribution in [3.8, 4) is 22.9 Å². The quantitative estimate of drug-likeness (QED) is 0.316. The van der Waals surface area contributed by atoms with Crippen LogP contribution in [0.15, 0.2) is 72.9 Å². The highest BCUT2D eigenvalue weighted by Crippen LogP contribution is 2.42. The predicted molar refractivity (Wildman–Crippen MR) is 119 cm³/mol. The SMILES string of the molecule is COc1ccc(C(=O)c2ccccc2-n2cc(OP(=O)(O)O)c3ccccc32)c(OC)c1. The molecule has 1 aromatic heterocycles. The standard InChI is InChI=1S/C23H20NO7P/c1-29-15-11-12-18(21(13-15)30-2)23(25)17-8-4-6-10-20(17)24-14-22(31-32(26,27)28)16-7-3-5-9-19(16)24/h3-14H,1-2H3,(H2,26,27,28). The molecule has 0 amide bonds. The minimum absolute atomic E-state index is 0.0122. The first-order valence-corrected chi connectivity index (χ1v) is 11.1. The second-order valence-electron chi connectivity index (χ2n) is 6.87. The third-order valence-corrected chi connectivity index (χ3v) is 5.39. The lowest BCUT2D eigenvalue weighted by Crippen LogP contribution is -2.08. The van der Waals surface area contributed by atoms with Gasteiger partial charge in [-0.15, -0.1) is 0 Å². The topological polar surface area (TPSA) is 107 Å². The minimum atomic E-state index is -4.78. The van der Waals surface area contributed by atoms with Gasteiger partial charge in [0.15, 0.2) is 11.5 Å². The summed E-state index contributed by atoms with van der Waals surface area (Å²) < 4.78 is 28.6. The molecule has 3 aromatic carbocycles. The van der Waals surface area contributed by atoms with Crippen LogP contribution in [-0.2, 0) is 4.57 Å². The molecule has 0 saturated heterocycles. The Balaban J connectivity index is 1.88. The Hall–Kier alpha value is -3.58. The van der Waals surface area contributed by atoms with Crippen molar-refractivity contribution >= 4 is 24.5 Å². The maximum absolute atomic E-state index is 13.5. The second-order valence-corrected chi connectivity index (χ2v) is 8.04. The molecule has 4 rings (SSSR count). The van der Waals surface area contributed by atoms with E-state index in [1.54, 1.807) is 71.3 Å². The van der Waals surface area contributed by atoms with E-state index in [0.717, 1.165) is 0 Å². The van der Waals surface area contributed by atoms with Crippen LogP contribution in [0.1, 0.15) is 15.9 Å². The molecule has 0 saturated carbocycles. The number of carbonyl (C=O) groups is 1. The summed E-state index contributed by atoms with van der Waals surface area (Å²) in [5.41, 5.74) is 1.87. The van der Waals surface area contributed by atoms with E-state index in [-0.39, 0.29) is 11.5 Å². The molecular weight excluding hydrogens is 433 g/mol. The van der Waals surface area contributed by atoms with E-state index in [1.807, 2.05) is 0 Å². The van der Waals surface area contributed by atoms with Crippen LogP contribution in [0.3, 0.4) is 0 Å². The summed E-state index contributed by atoms with van der Waals surface area (Å²) in [5.74, 6) is 0.655. The lowest BCUT2D eigenvalue weighted by atomic mass is 10.0. The van der Waals surface area contributed by atoms with Gasteiger partial charge in [0.1, 0.15) is 11.5 Å². The molecule has 164 valence electrons. The van der Waals surface area contributed by atoms with Crippen molar-refractivity contribution in [1.29, 1.82) is 0 Å². The van der Waals surface area contributed by atoms with Gasteiger partial charge in [-0.1, -0.05) is 24.3 Å². The molecule has 0 aliphatic carbocycles. The highest BCUT2D eigenvalue weighted by molar-refractivity contribution is 7.46. The maximum atomic E-state index is 13.5. The Labute approximate surface area is 183 Å². The summed E-state index contributed by atoms with van der Waals surface area (Å²) in [4.78, 5) is 32.1.